The zero-order valence-corrected chi connectivity index (χ0v) is 9.28. The Labute approximate surface area is 89.2 Å². The highest BCUT2D eigenvalue weighted by Crippen LogP contribution is 1.94. The van der Waals surface area contributed by atoms with Gasteiger partial charge in [-0.3, -0.25) is 14.9 Å². The summed E-state index contributed by atoms with van der Waals surface area (Å²) < 4.78 is 0. The predicted molar refractivity (Wildman–Crippen MR) is 55.7 cm³/mol. The maximum atomic E-state index is 11.5. The molecule has 2 unspecified atom stereocenters. The van der Waals surface area contributed by atoms with E-state index in [2.05, 4.69) is 10.6 Å². The molecule has 6 nitrogen and oxygen atoms in total. The number of hydrogen-bond acceptors (Lipinski definition) is 4. The van der Waals surface area contributed by atoms with Gasteiger partial charge in [0.25, 0.3) is 0 Å². The molecule has 0 fully saturated rings. The minimum atomic E-state index is -0.774. The van der Waals surface area contributed by atoms with Crippen LogP contribution in [0.5, 0.6) is 0 Å². The molecule has 0 rings (SSSR count). The molecule has 6 heteroatoms. The van der Waals surface area contributed by atoms with Gasteiger partial charge in [0, 0.05) is 0 Å². The summed E-state index contributed by atoms with van der Waals surface area (Å²) in [5.41, 5.74) is 5.00. The maximum Gasteiger partial charge on any atom is 0.239 e. The van der Waals surface area contributed by atoms with Crippen LogP contribution in [-0.4, -0.2) is 35.2 Å². The number of hydrogen-bond donors (Lipinski definition) is 4. The van der Waals surface area contributed by atoms with Crippen LogP contribution < -0.4 is 16.4 Å². The lowest BCUT2D eigenvalue weighted by molar-refractivity contribution is -0.128. The van der Waals surface area contributed by atoms with Crippen LogP contribution in [0.2, 0.25) is 0 Å². The van der Waals surface area contributed by atoms with Gasteiger partial charge in [-0.25, -0.2) is 0 Å². The van der Waals surface area contributed by atoms with Crippen molar-refractivity contribution in [3.8, 4) is 0 Å². The van der Waals surface area contributed by atoms with E-state index >= 15 is 0 Å². The molecule has 0 spiro atoms. The summed E-state index contributed by atoms with van der Waals surface area (Å²) >= 11 is 0. The van der Waals surface area contributed by atoms with E-state index in [9.17, 15) is 9.59 Å². The Morgan fingerprint density at radius 3 is 2.27 bits per heavy atom. The minimum absolute atomic E-state index is 0.343. The van der Waals surface area contributed by atoms with Crippen LogP contribution in [0.25, 0.3) is 0 Å². The van der Waals surface area contributed by atoms with Crippen molar-refractivity contribution in [2.24, 2.45) is 5.73 Å². The molecular weight excluding hydrogens is 198 g/mol. The quantitative estimate of drug-likeness (QED) is 0.414. The predicted octanol–water partition coefficient (Wildman–Crippen LogP) is -1.32. The van der Waals surface area contributed by atoms with Crippen LogP contribution in [0.1, 0.15) is 27.2 Å². The van der Waals surface area contributed by atoms with Gasteiger partial charge in [-0.1, -0.05) is 6.92 Å². The van der Waals surface area contributed by atoms with Gasteiger partial charge in [0.1, 0.15) is 12.3 Å². The van der Waals surface area contributed by atoms with E-state index in [0.29, 0.717) is 6.42 Å². The second-order valence-electron chi connectivity index (χ2n) is 3.44. The van der Waals surface area contributed by atoms with Crippen LogP contribution in [0.3, 0.4) is 0 Å². The van der Waals surface area contributed by atoms with Crippen molar-refractivity contribution in [3.05, 3.63) is 0 Å². The van der Waals surface area contributed by atoms with Crippen LogP contribution in [0, 0.1) is 0 Å². The van der Waals surface area contributed by atoms with Crippen LogP contribution in [-0.2, 0) is 9.59 Å². The number of nitrogens with two attached hydrogens (primary N) is 1. The molecule has 0 saturated heterocycles. The van der Waals surface area contributed by atoms with E-state index in [-0.39, 0.29) is 5.91 Å². The third-order valence-corrected chi connectivity index (χ3v) is 1.95. The fourth-order valence-corrected chi connectivity index (χ4v) is 1.06. The molecule has 0 aromatic heterocycles. The summed E-state index contributed by atoms with van der Waals surface area (Å²) in [4.78, 5) is 22.2. The molecule has 0 radical (unpaired) electrons. The topological polar surface area (TPSA) is 104 Å². The third kappa shape index (κ3) is 5.34. The molecule has 0 aromatic carbocycles. The average molecular weight is 217 g/mol. The second kappa shape index (κ2) is 6.36. The normalized spacial score (nSPS) is 16.5. The number of rotatable bonds is 6. The standard InChI is InChI=1S/C9H19N3O3/c1-4-7(12-6(3)13)9(15)11-5(2)8(10)14/h5-7,12-13H,4H2,1-3H3,(H2,10,14)(H,11,15)/t5-,6?,7?/m0/s1. The lowest BCUT2D eigenvalue weighted by Gasteiger charge is -2.20. The highest BCUT2D eigenvalue weighted by molar-refractivity contribution is 5.88. The SMILES string of the molecule is CCC(NC(C)O)C(=O)N[C@@H](C)C(N)=O. The lowest BCUT2D eigenvalue weighted by Crippen LogP contribution is -2.52. The summed E-state index contributed by atoms with van der Waals surface area (Å²) in [5, 5.41) is 14.2. The summed E-state index contributed by atoms with van der Waals surface area (Å²) in [5.74, 6) is -0.931. The Balaban J connectivity index is 4.21. The van der Waals surface area contributed by atoms with Crippen molar-refractivity contribution in [3.63, 3.8) is 0 Å². The summed E-state index contributed by atoms with van der Waals surface area (Å²) in [6, 6.07) is -1.23. The Morgan fingerprint density at radius 1 is 1.40 bits per heavy atom. The highest BCUT2D eigenvalue weighted by atomic mass is 16.3. The average Bonchev–Trinajstić information content (AvgIpc) is 2.13. The molecule has 0 bridgehead atoms. The number of aliphatic hydroxyl groups excluding tert-OH is 1. The zero-order chi connectivity index (χ0) is 12.0. The molecule has 5 N–H and O–H groups in total. The number of nitrogens with one attached hydrogen (secondary N) is 2. The Morgan fingerprint density at radius 2 is 1.93 bits per heavy atom. The molecule has 0 heterocycles. The third-order valence-electron chi connectivity index (χ3n) is 1.95. The van der Waals surface area contributed by atoms with Gasteiger partial charge in [-0.05, 0) is 20.3 Å². The van der Waals surface area contributed by atoms with Gasteiger partial charge in [0.2, 0.25) is 11.8 Å². The van der Waals surface area contributed by atoms with E-state index in [0.717, 1.165) is 0 Å². The number of primary amides is 1. The maximum absolute atomic E-state index is 11.5. The van der Waals surface area contributed by atoms with Gasteiger partial charge in [0.05, 0.1) is 6.04 Å². The minimum Gasteiger partial charge on any atom is -0.379 e. The number of carbonyl (C=O) groups is 2. The monoisotopic (exact) mass is 217 g/mol. The zero-order valence-electron chi connectivity index (χ0n) is 9.28. The summed E-state index contributed by atoms with van der Waals surface area (Å²) in [6.45, 7) is 4.83. The van der Waals surface area contributed by atoms with Crippen LogP contribution >= 0.6 is 0 Å². The van der Waals surface area contributed by atoms with Crippen molar-refractivity contribution in [2.75, 3.05) is 0 Å². The molecule has 3 atom stereocenters. The highest BCUT2D eigenvalue weighted by Gasteiger charge is 2.20. The molecule has 0 aliphatic rings. The molecule has 0 aromatic rings. The first-order valence-electron chi connectivity index (χ1n) is 4.92. The van der Waals surface area contributed by atoms with E-state index in [1.54, 1.807) is 6.92 Å². The van der Waals surface area contributed by atoms with Gasteiger partial charge >= 0.3 is 0 Å². The van der Waals surface area contributed by atoms with Gasteiger partial charge in [-0.15, -0.1) is 0 Å². The first kappa shape index (κ1) is 13.9. The fourth-order valence-electron chi connectivity index (χ4n) is 1.06. The Bertz CT molecular complexity index is 231. The smallest absolute Gasteiger partial charge is 0.239 e. The molecule has 2 amide bonds. The van der Waals surface area contributed by atoms with E-state index < -0.39 is 24.2 Å². The van der Waals surface area contributed by atoms with Crippen LogP contribution in [0.15, 0.2) is 0 Å². The van der Waals surface area contributed by atoms with Crippen molar-refractivity contribution < 1.29 is 14.7 Å². The number of carbonyl (C=O) groups excluding carboxylic acids is 2. The molecule has 0 aliphatic heterocycles. The molecule has 0 saturated carbocycles. The Hall–Kier alpha value is -1.14. The van der Waals surface area contributed by atoms with E-state index in [1.165, 1.54) is 13.8 Å². The van der Waals surface area contributed by atoms with Gasteiger partial charge in [0.15, 0.2) is 0 Å². The van der Waals surface area contributed by atoms with Crippen LogP contribution in [0.4, 0.5) is 0 Å². The van der Waals surface area contributed by atoms with Gasteiger partial charge in [-0.2, -0.15) is 0 Å². The molecular formula is C9H19N3O3. The second-order valence-corrected chi connectivity index (χ2v) is 3.44. The van der Waals surface area contributed by atoms with Crippen molar-refractivity contribution in [2.45, 2.75) is 45.5 Å². The summed E-state index contributed by atoms with van der Waals surface area (Å²) in [7, 11) is 0. The lowest BCUT2D eigenvalue weighted by atomic mass is 10.2. The van der Waals surface area contributed by atoms with Crippen molar-refractivity contribution >= 4 is 11.8 Å². The molecule has 15 heavy (non-hydrogen) atoms. The largest absolute Gasteiger partial charge is 0.379 e. The number of aliphatic hydroxyl groups is 1. The fraction of sp³-hybridized carbons (Fsp3) is 0.778. The van der Waals surface area contributed by atoms with Crippen molar-refractivity contribution in [1.29, 1.82) is 0 Å². The van der Waals surface area contributed by atoms with Crippen molar-refractivity contribution in [1.82, 2.24) is 10.6 Å². The number of amides is 2. The first-order valence-corrected chi connectivity index (χ1v) is 4.92. The molecule has 0 aliphatic carbocycles. The van der Waals surface area contributed by atoms with E-state index in [1.807, 2.05) is 0 Å². The summed E-state index contributed by atoms with van der Waals surface area (Å²) in [6.07, 6.45) is -0.257. The van der Waals surface area contributed by atoms with Gasteiger partial charge < -0.3 is 16.2 Å². The van der Waals surface area contributed by atoms with E-state index in [4.69, 9.17) is 10.8 Å². The molecule has 88 valence electrons. The Kier molecular flexibility index (Phi) is 5.88. The first-order chi connectivity index (χ1) is 6.88.